The van der Waals surface area contributed by atoms with E-state index in [4.69, 9.17) is 9.47 Å². The second-order valence-electron chi connectivity index (χ2n) is 8.27. The number of piperazine rings is 1. The Morgan fingerprint density at radius 1 is 1.03 bits per heavy atom. The smallest absolute Gasteiger partial charge is 0.387 e. The number of amides is 2. The minimum absolute atomic E-state index is 0.0292. The maximum atomic E-state index is 12.9. The first-order valence-electron chi connectivity index (χ1n) is 11.1. The molecule has 1 fully saturated rings. The Morgan fingerprint density at radius 3 is 2.35 bits per heavy atom. The summed E-state index contributed by atoms with van der Waals surface area (Å²) >= 11 is 0. The van der Waals surface area contributed by atoms with E-state index >= 15 is 0 Å². The fourth-order valence-electron chi connectivity index (χ4n) is 4.00. The summed E-state index contributed by atoms with van der Waals surface area (Å²) in [6.07, 6.45) is -0.694. The quantitative estimate of drug-likeness (QED) is 0.612. The summed E-state index contributed by atoms with van der Waals surface area (Å²) in [4.78, 5) is 30.9. The normalized spacial score (nSPS) is 17.7. The van der Waals surface area contributed by atoms with Gasteiger partial charge in [0.15, 0.2) is 11.5 Å². The van der Waals surface area contributed by atoms with Gasteiger partial charge in [-0.2, -0.15) is 8.78 Å². The van der Waals surface area contributed by atoms with Crippen molar-refractivity contribution in [3.63, 3.8) is 0 Å². The number of carbonyl (C=O) groups is 2. The van der Waals surface area contributed by atoms with Crippen LogP contribution in [0.1, 0.15) is 5.56 Å². The number of alkyl halides is 2. The number of halogens is 2. The van der Waals surface area contributed by atoms with Crippen molar-refractivity contribution >= 4 is 11.8 Å². The molecule has 0 aliphatic carbocycles. The molecule has 0 aromatic heterocycles. The van der Waals surface area contributed by atoms with Crippen LogP contribution in [-0.2, 0) is 16.1 Å². The van der Waals surface area contributed by atoms with Crippen LogP contribution in [0.5, 0.6) is 17.2 Å². The monoisotopic (exact) mass is 475 g/mol. The summed E-state index contributed by atoms with van der Waals surface area (Å²) in [6, 6.07) is 13.6. The van der Waals surface area contributed by atoms with Gasteiger partial charge in [-0.15, -0.1) is 0 Å². The summed E-state index contributed by atoms with van der Waals surface area (Å²) in [7, 11) is 1.82. The molecule has 0 unspecified atom stereocenters. The van der Waals surface area contributed by atoms with Gasteiger partial charge < -0.3 is 24.0 Å². The molecule has 1 atom stereocenters. The molecule has 8 nitrogen and oxygen atoms in total. The van der Waals surface area contributed by atoms with Crippen LogP contribution in [0.25, 0.3) is 0 Å². The van der Waals surface area contributed by atoms with E-state index in [9.17, 15) is 18.4 Å². The van der Waals surface area contributed by atoms with Gasteiger partial charge in [0.25, 0.3) is 5.91 Å². The third-order valence-electron chi connectivity index (χ3n) is 5.73. The van der Waals surface area contributed by atoms with Crippen LogP contribution in [0.4, 0.5) is 8.78 Å². The van der Waals surface area contributed by atoms with Crippen molar-refractivity contribution in [2.45, 2.75) is 19.3 Å². The van der Waals surface area contributed by atoms with Gasteiger partial charge in [-0.25, -0.2) is 0 Å². The molecule has 2 aromatic carbocycles. The lowest BCUT2D eigenvalue weighted by atomic mass is 10.2. The standard InChI is InChI=1S/C24H27F2N3O5/c1-27(14-17-6-8-18(9-7-17)33-24(25)26)15-22(30)28-10-12-29(13-11-28)23(31)21-16-32-19-4-2-3-5-20(19)34-21/h2-9,21,24H,10-16H2,1H3/t21-/m0/s1. The number of ether oxygens (including phenoxy) is 3. The highest BCUT2D eigenvalue weighted by Crippen LogP contribution is 2.31. The van der Waals surface area contributed by atoms with Crippen molar-refractivity contribution in [3.05, 3.63) is 54.1 Å². The van der Waals surface area contributed by atoms with Crippen molar-refractivity contribution < 1.29 is 32.6 Å². The highest BCUT2D eigenvalue weighted by atomic mass is 19.3. The van der Waals surface area contributed by atoms with Crippen LogP contribution in [0.2, 0.25) is 0 Å². The zero-order chi connectivity index (χ0) is 24.1. The van der Waals surface area contributed by atoms with Crippen molar-refractivity contribution in [1.29, 1.82) is 0 Å². The number of benzene rings is 2. The minimum atomic E-state index is -2.86. The predicted molar refractivity (Wildman–Crippen MR) is 119 cm³/mol. The molecule has 0 saturated carbocycles. The maximum Gasteiger partial charge on any atom is 0.387 e. The van der Waals surface area contributed by atoms with Gasteiger partial charge in [0, 0.05) is 32.7 Å². The molecule has 2 aliphatic rings. The predicted octanol–water partition coefficient (Wildman–Crippen LogP) is 2.23. The van der Waals surface area contributed by atoms with Gasteiger partial charge in [0.2, 0.25) is 12.0 Å². The molecule has 10 heteroatoms. The SMILES string of the molecule is CN(CC(=O)N1CCN(C(=O)[C@@H]2COc3ccccc3O2)CC1)Cc1ccc(OC(F)F)cc1. The Hall–Kier alpha value is -3.40. The van der Waals surface area contributed by atoms with Crippen LogP contribution in [-0.4, -0.2) is 85.6 Å². The molecule has 0 N–H and O–H groups in total. The van der Waals surface area contributed by atoms with E-state index in [0.29, 0.717) is 44.2 Å². The first-order valence-corrected chi connectivity index (χ1v) is 11.1. The van der Waals surface area contributed by atoms with E-state index in [0.717, 1.165) is 5.56 Å². The molecular formula is C24H27F2N3O5. The Balaban J connectivity index is 1.21. The van der Waals surface area contributed by atoms with Crippen LogP contribution in [0.15, 0.2) is 48.5 Å². The van der Waals surface area contributed by atoms with Gasteiger partial charge in [-0.05, 0) is 36.9 Å². The third kappa shape index (κ3) is 5.93. The second kappa shape index (κ2) is 10.7. The van der Waals surface area contributed by atoms with E-state index in [1.807, 2.05) is 24.1 Å². The summed E-state index contributed by atoms with van der Waals surface area (Å²) in [5.41, 5.74) is 0.878. The Bertz CT molecular complexity index is 996. The van der Waals surface area contributed by atoms with Gasteiger partial charge in [-0.1, -0.05) is 24.3 Å². The number of rotatable bonds is 7. The van der Waals surface area contributed by atoms with Crippen LogP contribution in [0, 0.1) is 0 Å². The third-order valence-corrected chi connectivity index (χ3v) is 5.73. The molecule has 0 spiro atoms. The van der Waals surface area contributed by atoms with Crippen LogP contribution in [0.3, 0.4) is 0 Å². The molecule has 182 valence electrons. The number of carbonyl (C=O) groups excluding carboxylic acids is 2. The fraction of sp³-hybridized carbons (Fsp3) is 0.417. The molecule has 1 saturated heterocycles. The molecule has 34 heavy (non-hydrogen) atoms. The fourth-order valence-corrected chi connectivity index (χ4v) is 4.00. The first kappa shape index (κ1) is 23.7. The average Bonchev–Trinajstić information content (AvgIpc) is 2.84. The van der Waals surface area contributed by atoms with E-state index in [1.165, 1.54) is 12.1 Å². The summed E-state index contributed by atoms with van der Waals surface area (Å²) in [5, 5.41) is 0. The molecule has 0 radical (unpaired) electrons. The molecule has 4 rings (SSSR count). The topological polar surface area (TPSA) is 71.6 Å². The zero-order valence-corrected chi connectivity index (χ0v) is 18.9. The molecular weight excluding hydrogens is 448 g/mol. The molecule has 2 amide bonds. The zero-order valence-electron chi connectivity index (χ0n) is 18.9. The number of fused-ring (bicyclic) bond motifs is 1. The first-order chi connectivity index (χ1) is 16.4. The van der Waals surface area contributed by atoms with E-state index in [1.54, 1.807) is 34.1 Å². The lowest BCUT2D eigenvalue weighted by molar-refractivity contribution is -0.146. The number of nitrogens with zero attached hydrogens (tertiary/aromatic N) is 3. The minimum Gasteiger partial charge on any atom is -0.485 e. The Labute approximate surface area is 196 Å². The van der Waals surface area contributed by atoms with E-state index in [2.05, 4.69) is 4.74 Å². The molecule has 2 aromatic rings. The van der Waals surface area contributed by atoms with E-state index < -0.39 is 12.7 Å². The van der Waals surface area contributed by atoms with E-state index in [-0.39, 0.29) is 30.7 Å². The lowest BCUT2D eigenvalue weighted by Crippen LogP contribution is -2.56. The second-order valence-corrected chi connectivity index (χ2v) is 8.27. The highest BCUT2D eigenvalue weighted by Gasteiger charge is 2.33. The van der Waals surface area contributed by atoms with Gasteiger partial charge in [-0.3, -0.25) is 14.5 Å². The van der Waals surface area contributed by atoms with Gasteiger partial charge >= 0.3 is 6.61 Å². The summed E-state index contributed by atoms with van der Waals surface area (Å²) in [5.74, 6) is 1.11. The van der Waals surface area contributed by atoms with Gasteiger partial charge in [0.05, 0.1) is 6.54 Å². The van der Waals surface area contributed by atoms with Crippen molar-refractivity contribution in [2.24, 2.45) is 0 Å². The highest BCUT2D eigenvalue weighted by molar-refractivity contribution is 5.83. The molecule has 2 heterocycles. The summed E-state index contributed by atoms with van der Waals surface area (Å²) < 4.78 is 40.3. The van der Waals surface area contributed by atoms with Crippen molar-refractivity contribution in [2.75, 3.05) is 46.4 Å². The van der Waals surface area contributed by atoms with Crippen molar-refractivity contribution in [1.82, 2.24) is 14.7 Å². The van der Waals surface area contributed by atoms with Crippen LogP contribution < -0.4 is 14.2 Å². The lowest BCUT2D eigenvalue weighted by Gasteiger charge is -2.37. The summed E-state index contributed by atoms with van der Waals surface area (Å²) in [6.45, 7) is -0.246. The average molecular weight is 475 g/mol. The maximum absolute atomic E-state index is 12.9. The molecule has 2 aliphatic heterocycles. The largest absolute Gasteiger partial charge is 0.485 e. The van der Waals surface area contributed by atoms with Crippen molar-refractivity contribution in [3.8, 4) is 17.2 Å². The van der Waals surface area contributed by atoms with Crippen LogP contribution >= 0.6 is 0 Å². The number of likely N-dealkylation sites (N-methyl/N-ethyl adjacent to an activating group) is 1. The number of hydrogen-bond acceptors (Lipinski definition) is 6. The van der Waals surface area contributed by atoms with Gasteiger partial charge in [0.1, 0.15) is 12.4 Å². The Morgan fingerprint density at radius 2 is 1.68 bits per heavy atom. The number of para-hydroxylation sites is 2. The Kier molecular flexibility index (Phi) is 7.46. The molecule has 0 bridgehead atoms. The number of hydrogen-bond donors (Lipinski definition) is 0.